The third-order valence-electron chi connectivity index (χ3n) is 2.76. The molecule has 1 unspecified atom stereocenters. The van der Waals surface area contributed by atoms with Gasteiger partial charge in [0.05, 0.1) is 5.56 Å². The highest BCUT2D eigenvalue weighted by molar-refractivity contribution is 5.89. The number of esters is 2. The van der Waals surface area contributed by atoms with Crippen molar-refractivity contribution in [3.8, 4) is 0 Å². The van der Waals surface area contributed by atoms with Gasteiger partial charge in [0, 0.05) is 6.42 Å². The van der Waals surface area contributed by atoms with E-state index in [-0.39, 0.29) is 18.7 Å². The van der Waals surface area contributed by atoms with Gasteiger partial charge in [0.25, 0.3) is 0 Å². The highest BCUT2D eigenvalue weighted by Crippen LogP contribution is 2.14. The summed E-state index contributed by atoms with van der Waals surface area (Å²) < 4.78 is 10.1. The average molecular weight is 246 g/mol. The van der Waals surface area contributed by atoms with Crippen molar-refractivity contribution in [2.24, 2.45) is 0 Å². The van der Waals surface area contributed by atoms with E-state index >= 15 is 0 Å². The van der Waals surface area contributed by atoms with Gasteiger partial charge in [0.2, 0.25) is 0 Å². The van der Waals surface area contributed by atoms with Gasteiger partial charge in [0.1, 0.15) is 12.7 Å². The fourth-order valence-electron chi connectivity index (χ4n) is 1.69. The van der Waals surface area contributed by atoms with Crippen molar-refractivity contribution in [2.45, 2.75) is 18.9 Å². The summed E-state index contributed by atoms with van der Waals surface area (Å²) in [5.74, 6) is -0.633. The predicted molar refractivity (Wildman–Crippen MR) is 65.9 cm³/mol. The Morgan fingerprint density at radius 3 is 2.67 bits per heavy atom. The molecule has 1 heterocycles. The topological polar surface area (TPSA) is 52.6 Å². The van der Waals surface area contributed by atoms with Crippen molar-refractivity contribution in [1.82, 2.24) is 0 Å². The van der Waals surface area contributed by atoms with E-state index in [1.165, 1.54) is 0 Å². The smallest absolute Gasteiger partial charge is 0.338 e. The summed E-state index contributed by atoms with van der Waals surface area (Å²) in [6.45, 7) is 3.79. The summed E-state index contributed by atoms with van der Waals surface area (Å²) in [5, 5.41) is 0. The molecule has 0 amide bonds. The fourth-order valence-corrected chi connectivity index (χ4v) is 1.69. The number of cyclic esters (lactones) is 1. The van der Waals surface area contributed by atoms with Gasteiger partial charge >= 0.3 is 11.9 Å². The molecule has 2 rings (SSSR count). The highest BCUT2D eigenvalue weighted by Gasteiger charge is 2.23. The number of hydrogen-bond donors (Lipinski definition) is 0. The van der Waals surface area contributed by atoms with Crippen molar-refractivity contribution in [2.75, 3.05) is 6.61 Å². The first-order chi connectivity index (χ1) is 8.69. The van der Waals surface area contributed by atoms with Gasteiger partial charge in [-0.2, -0.15) is 0 Å². The van der Waals surface area contributed by atoms with E-state index in [4.69, 9.17) is 9.47 Å². The molecule has 1 aliphatic heterocycles. The lowest BCUT2D eigenvalue weighted by atomic mass is 10.1. The zero-order valence-electron chi connectivity index (χ0n) is 9.93. The van der Waals surface area contributed by atoms with Crippen LogP contribution in [0.2, 0.25) is 0 Å². The van der Waals surface area contributed by atoms with Gasteiger partial charge in [-0.15, -0.1) is 0 Å². The molecule has 1 saturated heterocycles. The van der Waals surface area contributed by atoms with Gasteiger partial charge in [-0.1, -0.05) is 24.8 Å². The first kappa shape index (κ1) is 12.4. The van der Waals surface area contributed by atoms with Crippen LogP contribution in [0.1, 0.15) is 28.8 Å². The molecule has 0 N–H and O–H groups in total. The molecule has 1 fully saturated rings. The van der Waals surface area contributed by atoms with Gasteiger partial charge in [-0.25, -0.2) is 4.79 Å². The van der Waals surface area contributed by atoms with Crippen LogP contribution in [0.3, 0.4) is 0 Å². The van der Waals surface area contributed by atoms with Crippen LogP contribution < -0.4 is 0 Å². The number of carbonyl (C=O) groups excluding carboxylic acids is 2. The summed E-state index contributed by atoms with van der Waals surface area (Å²) in [7, 11) is 0. The number of ether oxygens (including phenoxy) is 2. The Morgan fingerprint density at radius 2 is 2.11 bits per heavy atom. The zero-order chi connectivity index (χ0) is 13.0. The van der Waals surface area contributed by atoms with Crippen LogP contribution in [0.15, 0.2) is 30.8 Å². The van der Waals surface area contributed by atoms with E-state index in [0.29, 0.717) is 18.4 Å². The molecule has 0 aromatic heterocycles. The molecule has 4 heteroatoms. The molecule has 0 aliphatic carbocycles. The maximum atomic E-state index is 11.8. The monoisotopic (exact) mass is 246 g/mol. The van der Waals surface area contributed by atoms with Crippen LogP contribution in [0, 0.1) is 0 Å². The van der Waals surface area contributed by atoms with Gasteiger partial charge < -0.3 is 9.47 Å². The van der Waals surface area contributed by atoms with E-state index in [2.05, 4.69) is 6.58 Å². The summed E-state index contributed by atoms with van der Waals surface area (Å²) in [4.78, 5) is 22.7. The van der Waals surface area contributed by atoms with Gasteiger partial charge in [-0.3, -0.25) is 4.79 Å². The largest absolute Gasteiger partial charge is 0.462 e. The molecule has 1 aliphatic rings. The van der Waals surface area contributed by atoms with Crippen molar-refractivity contribution in [1.29, 1.82) is 0 Å². The summed E-state index contributed by atoms with van der Waals surface area (Å²) >= 11 is 0. The van der Waals surface area contributed by atoms with E-state index in [1.54, 1.807) is 30.3 Å². The fraction of sp³-hybridized carbons (Fsp3) is 0.286. The lowest BCUT2D eigenvalue weighted by Gasteiger charge is -2.21. The van der Waals surface area contributed by atoms with E-state index in [0.717, 1.165) is 5.56 Å². The molecule has 0 saturated carbocycles. The number of rotatable bonds is 3. The standard InChI is InChI=1S/C14H14O4/c1-2-10-3-5-11(6-4-10)14(16)18-12-7-8-13(15)17-9-12/h2-6,12H,1,7-9H2. The Labute approximate surface area is 105 Å². The summed E-state index contributed by atoms with van der Waals surface area (Å²) in [5.41, 5.74) is 1.43. The molecule has 18 heavy (non-hydrogen) atoms. The molecule has 1 aromatic carbocycles. The molecule has 4 nitrogen and oxygen atoms in total. The minimum Gasteiger partial charge on any atom is -0.462 e. The molecule has 94 valence electrons. The van der Waals surface area contributed by atoms with E-state index in [9.17, 15) is 9.59 Å². The molecule has 0 radical (unpaired) electrons. The molecule has 0 spiro atoms. The van der Waals surface area contributed by atoms with E-state index < -0.39 is 5.97 Å². The second-order valence-electron chi connectivity index (χ2n) is 4.08. The first-order valence-corrected chi connectivity index (χ1v) is 5.78. The number of carbonyl (C=O) groups is 2. The van der Waals surface area contributed by atoms with Crippen molar-refractivity contribution in [3.05, 3.63) is 42.0 Å². The highest BCUT2D eigenvalue weighted by atomic mass is 16.6. The quantitative estimate of drug-likeness (QED) is 0.767. The third-order valence-corrected chi connectivity index (χ3v) is 2.76. The first-order valence-electron chi connectivity index (χ1n) is 5.78. The van der Waals surface area contributed by atoms with Crippen molar-refractivity contribution >= 4 is 18.0 Å². The molecule has 0 bridgehead atoms. The SMILES string of the molecule is C=Cc1ccc(C(=O)OC2CCC(=O)OC2)cc1. The average Bonchev–Trinajstić information content (AvgIpc) is 2.41. The van der Waals surface area contributed by atoms with Crippen LogP contribution in [-0.2, 0) is 14.3 Å². The minimum atomic E-state index is -0.395. The zero-order valence-corrected chi connectivity index (χ0v) is 9.93. The third kappa shape index (κ3) is 2.97. The van der Waals surface area contributed by atoms with Crippen LogP contribution in [0.4, 0.5) is 0 Å². The Kier molecular flexibility index (Phi) is 3.77. The lowest BCUT2D eigenvalue weighted by Crippen LogP contribution is -2.30. The predicted octanol–water partition coefficient (Wildman–Crippen LogP) is 2.19. The van der Waals surface area contributed by atoms with E-state index in [1.807, 2.05) is 0 Å². The second-order valence-corrected chi connectivity index (χ2v) is 4.08. The molecular weight excluding hydrogens is 232 g/mol. The number of benzene rings is 1. The second kappa shape index (κ2) is 5.49. The molecule has 1 aromatic rings. The summed E-state index contributed by atoms with van der Waals surface area (Å²) in [6, 6.07) is 6.97. The van der Waals surface area contributed by atoms with Crippen molar-refractivity contribution < 1.29 is 19.1 Å². The van der Waals surface area contributed by atoms with Crippen LogP contribution in [0.25, 0.3) is 6.08 Å². The number of hydrogen-bond acceptors (Lipinski definition) is 4. The Hall–Kier alpha value is -2.10. The van der Waals surface area contributed by atoms with Crippen LogP contribution in [0.5, 0.6) is 0 Å². The van der Waals surface area contributed by atoms with Crippen molar-refractivity contribution in [3.63, 3.8) is 0 Å². The van der Waals surface area contributed by atoms with Gasteiger partial charge in [-0.05, 0) is 24.1 Å². The minimum absolute atomic E-state index is 0.148. The van der Waals surface area contributed by atoms with Gasteiger partial charge in [0.15, 0.2) is 0 Å². The summed E-state index contributed by atoms with van der Waals surface area (Å²) in [6.07, 6.45) is 2.19. The maximum Gasteiger partial charge on any atom is 0.338 e. The van der Waals surface area contributed by atoms with Crippen LogP contribution >= 0.6 is 0 Å². The molecular formula is C14H14O4. The Balaban J connectivity index is 1.94. The lowest BCUT2D eigenvalue weighted by molar-refractivity contribution is -0.152. The Bertz CT molecular complexity index is 451. The maximum absolute atomic E-state index is 11.8. The Morgan fingerprint density at radius 1 is 1.39 bits per heavy atom. The molecule has 1 atom stereocenters. The van der Waals surface area contributed by atoms with Crippen LogP contribution in [-0.4, -0.2) is 24.6 Å². The normalized spacial score (nSPS) is 18.9.